The molecular formula is C16H47BBr15Fe6N2. The summed E-state index contributed by atoms with van der Waals surface area (Å²) in [6.45, 7) is 7.32. The zero-order chi connectivity index (χ0) is 27.5. The van der Waals surface area contributed by atoms with Crippen molar-refractivity contribution in [1.29, 1.82) is 10.5 Å². The number of nitrogens with zero attached hydrogens (tertiary/aromatic N) is 2. The van der Waals surface area contributed by atoms with E-state index in [4.69, 9.17) is 10.5 Å². The van der Waals surface area contributed by atoms with Crippen LogP contribution in [0.3, 0.4) is 0 Å². The van der Waals surface area contributed by atoms with Crippen LogP contribution in [0.25, 0.3) is 0 Å². The quantitative estimate of drug-likeness (QED) is 0.179. The minimum atomic E-state index is -0.340. The Balaban J connectivity index is -0.00000000901. The summed E-state index contributed by atoms with van der Waals surface area (Å²) in [6, 6.07) is 4.05. The van der Waals surface area contributed by atoms with Crippen molar-refractivity contribution in [1.82, 2.24) is 0 Å². The van der Waals surface area contributed by atoms with Crippen molar-refractivity contribution in [3.05, 3.63) is 0 Å². The molecule has 0 fully saturated rings. The van der Waals surface area contributed by atoms with Crippen LogP contribution in [0, 0.1) is 28.6 Å². The molecule has 0 atom stereocenters. The summed E-state index contributed by atoms with van der Waals surface area (Å²) in [7, 11) is -0.625. The molecule has 40 heavy (non-hydrogen) atoms. The second-order valence-corrected chi connectivity index (χ2v) is 61.1. The Kier molecular flexibility index (Phi) is 324. The van der Waals surface area contributed by atoms with Crippen LogP contribution in [0.1, 0.15) is 88.5 Å². The van der Waals surface area contributed by atoms with Crippen LogP contribution in [0.15, 0.2) is 0 Å². The monoisotopic (exact) mass is 1800 g/mol. The average molecular weight is 1810 g/mol. The Morgan fingerprint density at radius 2 is 0.625 bits per heavy atom. The first-order valence-corrected chi connectivity index (χ1v) is 44.2. The molecule has 0 aromatic rings. The van der Waals surface area contributed by atoms with Crippen molar-refractivity contribution < 1.29 is 63.7 Å². The minimum absolute atomic E-state index is 0. The summed E-state index contributed by atoms with van der Waals surface area (Å²) < 4.78 is -0.340. The van der Waals surface area contributed by atoms with Gasteiger partial charge in [-0.1, -0.05) is 75.3 Å². The number of hydrogen-bond donors (Lipinski definition) is 0. The normalized spacial score (nSPS) is 6.95. The van der Waals surface area contributed by atoms with Crippen molar-refractivity contribution in [2.75, 3.05) is 0 Å². The number of hydrogen-bond acceptors (Lipinski definition) is 2. The third kappa shape index (κ3) is 494. The summed E-state index contributed by atoms with van der Waals surface area (Å²) in [4.78, 5) is 0. The van der Waals surface area contributed by atoms with E-state index in [9.17, 15) is 0 Å². The van der Waals surface area contributed by atoms with E-state index in [0.717, 1.165) is 45.4 Å². The Bertz CT molecular complexity index is 333. The zero-order valence-corrected chi connectivity index (χ0v) is 45.8. The van der Waals surface area contributed by atoms with Crippen LogP contribution in [0.2, 0.25) is 0 Å². The van der Waals surface area contributed by atoms with Crippen molar-refractivity contribution >= 4 is 222 Å². The molecular weight excluding hydrogens is 1760 g/mol. The van der Waals surface area contributed by atoms with Crippen LogP contribution < -0.4 is 0 Å². The summed E-state index contributed by atoms with van der Waals surface area (Å²) in [5.74, 6) is 0.190. The molecule has 0 spiro atoms. The molecule has 0 heterocycles. The molecule has 0 aromatic carbocycles. The van der Waals surface area contributed by atoms with Crippen LogP contribution in [0.4, 0.5) is 0 Å². The standard InChI is InChI=1S/C4H6BrN.C4H7N.8CH4.B.14BrH.6Fe.H2/c1-4(2,5)3-6;1-4(2)3-5;;;;;;;;;;;;;;;;;;;;;;;;;;;;;;/h1-2H3;4H,1-2H3;8*1H4;;14*1H;;;;;;;1H/q;;;;;;;;;;;;;;;;;;;;;;;;;4*+2;2*+3;/p-14/i;;;;;;;;;;;;;;;;;;;;;;;;;;;;;;;1+1. The van der Waals surface area contributed by atoms with E-state index in [1.807, 2.05) is 26.0 Å². The van der Waals surface area contributed by atoms with Crippen molar-refractivity contribution in [3.63, 3.8) is 0 Å². The number of nitriles is 2. The van der Waals surface area contributed by atoms with Gasteiger partial charge in [0, 0.05) is 15.8 Å². The van der Waals surface area contributed by atoms with E-state index >= 15 is 0 Å². The van der Waals surface area contributed by atoms with Gasteiger partial charge in [0.2, 0.25) is 0 Å². The number of halogens is 15. The van der Waals surface area contributed by atoms with Gasteiger partial charge in [0.25, 0.3) is 0 Å². The average Bonchev–Trinajstić information content (AvgIpc) is 2.56. The molecule has 0 unspecified atom stereocenters. The predicted molar refractivity (Wildman–Crippen MR) is 236 cm³/mol. The summed E-state index contributed by atoms with van der Waals surface area (Å²) in [5.41, 5.74) is 0. The van der Waals surface area contributed by atoms with Gasteiger partial charge in [0.1, 0.15) is 4.32 Å². The van der Waals surface area contributed by atoms with Gasteiger partial charge in [-0.3, -0.25) is 0 Å². The second-order valence-electron chi connectivity index (χ2n) is 3.37. The molecule has 0 N–H and O–H groups in total. The van der Waals surface area contributed by atoms with E-state index in [1.165, 1.54) is 0 Å². The van der Waals surface area contributed by atoms with Crippen molar-refractivity contribution in [3.8, 4) is 12.1 Å². The van der Waals surface area contributed by atoms with Gasteiger partial charge < -0.3 is 0 Å². The van der Waals surface area contributed by atoms with Gasteiger partial charge in [-0.05, 0) is 27.7 Å². The number of rotatable bonds is 0. The first-order chi connectivity index (χ1) is 14.0. The summed E-state index contributed by atoms with van der Waals surface area (Å²) >= 11 is 50.2. The van der Waals surface area contributed by atoms with E-state index in [0.29, 0.717) is 0 Å². The van der Waals surface area contributed by atoms with Crippen LogP contribution >= 0.6 is 213 Å². The van der Waals surface area contributed by atoms with Crippen molar-refractivity contribution in [2.24, 2.45) is 5.92 Å². The molecule has 0 rings (SSSR count). The summed E-state index contributed by atoms with van der Waals surface area (Å²) in [6.07, 6.45) is 0. The maximum absolute atomic E-state index is 8.11. The predicted octanol–water partition coefficient (Wildman–Crippen LogP) is 19.6. The van der Waals surface area contributed by atoms with Crippen molar-refractivity contribution in [2.45, 2.75) is 91.4 Å². The molecule has 24 heteroatoms. The van der Waals surface area contributed by atoms with E-state index in [-0.39, 0.29) is 96.4 Å². The molecule has 0 aliphatic carbocycles. The second kappa shape index (κ2) is 118. The van der Waals surface area contributed by atoms with Gasteiger partial charge in [-0.25, -0.2) is 0 Å². The summed E-state index contributed by atoms with van der Waals surface area (Å²) in [5, 5.41) is 16.0. The Morgan fingerprint density at radius 3 is 0.625 bits per heavy atom. The topological polar surface area (TPSA) is 47.6 Å². The first-order valence-electron chi connectivity index (χ1n) is 5.20. The molecule has 3 radical (unpaired) electrons. The van der Waals surface area contributed by atoms with E-state index in [2.05, 4.69) is 213 Å². The molecule has 0 aliphatic heterocycles. The molecule has 277 valence electrons. The molecule has 0 bridgehead atoms. The zero-order valence-electron chi connectivity index (χ0n) is 15.3. The van der Waals surface area contributed by atoms with Gasteiger partial charge in [0.05, 0.1) is 12.1 Å². The molecule has 0 saturated heterocycles. The van der Waals surface area contributed by atoms with Gasteiger partial charge in [-0.15, -0.1) is 0 Å². The Morgan fingerprint density at radius 1 is 0.575 bits per heavy atom. The fourth-order valence-electron chi connectivity index (χ4n) is 0. The van der Waals surface area contributed by atoms with Gasteiger partial charge in [-0.2, -0.15) is 10.5 Å². The SMILES string of the molecule is C.C.C.C.C.C.C.C.CC(C)(Br)C#N.CC(C)C#N.[2HH].[B].[Br][Fe]([Br])[Br].[Br][Fe]([Br])[Br].[Br][Fe][Br].[Br][Fe][Br].[Br][Fe][Br].[Br][Fe][Br]. The molecule has 0 aromatic heterocycles. The van der Waals surface area contributed by atoms with Crippen LogP contribution in [-0.2, 0) is 62.3 Å². The van der Waals surface area contributed by atoms with Gasteiger partial charge >= 0.3 is 260 Å². The number of alkyl halides is 1. The Hall–Kier alpha value is 9.36. The first kappa shape index (κ1) is 110. The fourth-order valence-corrected chi connectivity index (χ4v) is 0. The van der Waals surface area contributed by atoms with E-state index in [1.54, 1.807) is 13.8 Å². The molecule has 0 saturated carbocycles. The maximum atomic E-state index is 8.11. The van der Waals surface area contributed by atoms with E-state index < -0.39 is 0 Å². The third-order valence-electron chi connectivity index (χ3n) is 0.524. The Labute approximate surface area is 396 Å². The van der Waals surface area contributed by atoms with Crippen LogP contribution in [-0.4, -0.2) is 12.7 Å². The molecule has 2 nitrogen and oxygen atoms in total. The fraction of sp³-hybridized carbons (Fsp3) is 0.875. The third-order valence-corrected chi connectivity index (χ3v) is 0.701. The van der Waals surface area contributed by atoms with Gasteiger partial charge in [0.15, 0.2) is 0 Å². The molecule has 0 aliphatic rings. The molecule has 0 amide bonds. The van der Waals surface area contributed by atoms with Crippen LogP contribution in [0.5, 0.6) is 0 Å².